The summed E-state index contributed by atoms with van der Waals surface area (Å²) in [5, 5.41) is 15.0. The van der Waals surface area contributed by atoms with E-state index < -0.39 is 5.91 Å². The summed E-state index contributed by atoms with van der Waals surface area (Å²) in [6.07, 6.45) is 0. The van der Waals surface area contributed by atoms with Gasteiger partial charge in [0.25, 0.3) is 11.8 Å². The number of ether oxygens (including phenoxy) is 1. The summed E-state index contributed by atoms with van der Waals surface area (Å²) in [5.41, 5.74) is 2.93. The molecule has 146 valence electrons. The van der Waals surface area contributed by atoms with Crippen LogP contribution in [0.1, 0.15) is 27.0 Å². The average Bonchev–Trinajstić information content (AvgIpc) is 3.07. The zero-order valence-corrected chi connectivity index (χ0v) is 16.2. The van der Waals surface area contributed by atoms with Gasteiger partial charge in [-0.25, -0.2) is 4.99 Å². The van der Waals surface area contributed by atoms with Crippen LogP contribution in [0, 0.1) is 18.3 Å². The predicted octanol–water partition coefficient (Wildman–Crippen LogP) is 2.18. The van der Waals surface area contributed by atoms with Crippen LogP contribution in [0.5, 0.6) is 0 Å². The van der Waals surface area contributed by atoms with Crippen LogP contribution < -0.4 is 10.6 Å². The molecule has 2 aromatic carbocycles. The zero-order chi connectivity index (χ0) is 20.8. The van der Waals surface area contributed by atoms with E-state index in [0.717, 1.165) is 5.56 Å². The van der Waals surface area contributed by atoms with Crippen LogP contribution in [0.15, 0.2) is 59.1 Å². The van der Waals surface area contributed by atoms with Gasteiger partial charge >= 0.3 is 0 Å². The van der Waals surface area contributed by atoms with Crippen LogP contribution >= 0.6 is 0 Å². The lowest BCUT2D eigenvalue weighted by atomic mass is 10.0. The fourth-order valence-electron chi connectivity index (χ4n) is 2.87. The Morgan fingerprint density at radius 1 is 1.10 bits per heavy atom. The van der Waals surface area contributed by atoms with E-state index in [4.69, 9.17) is 4.74 Å². The molecule has 3 rings (SSSR count). The largest absolute Gasteiger partial charge is 0.383 e. The second-order valence-electron chi connectivity index (χ2n) is 6.41. The number of carbonyl (C=O) groups is 2. The number of aryl methyl sites for hydroxylation is 1. The maximum absolute atomic E-state index is 12.6. The van der Waals surface area contributed by atoms with Gasteiger partial charge in [0.05, 0.1) is 12.3 Å². The van der Waals surface area contributed by atoms with Gasteiger partial charge < -0.3 is 15.4 Å². The van der Waals surface area contributed by atoms with Crippen molar-refractivity contribution in [3.63, 3.8) is 0 Å². The fourth-order valence-corrected chi connectivity index (χ4v) is 2.87. The van der Waals surface area contributed by atoms with Crippen molar-refractivity contribution in [2.24, 2.45) is 4.99 Å². The third-order valence-corrected chi connectivity index (χ3v) is 4.37. The van der Waals surface area contributed by atoms with E-state index in [0.29, 0.717) is 29.1 Å². The lowest BCUT2D eigenvalue weighted by Crippen LogP contribution is -2.30. The van der Waals surface area contributed by atoms with E-state index in [1.54, 1.807) is 36.4 Å². The van der Waals surface area contributed by atoms with E-state index in [2.05, 4.69) is 15.6 Å². The number of amidine groups is 1. The topological polar surface area (TPSA) is 104 Å². The van der Waals surface area contributed by atoms with Crippen LogP contribution in [0.3, 0.4) is 0 Å². The zero-order valence-electron chi connectivity index (χ0n) is 16.2. The lowest BCUT2D eigenvalue weighted by Gasteiger charge is -2.06. The summed E-state index contributed by atoms with van der Waals surface area (Å²) in [5.74, 6) is -0.550. The highest BCUT2D eigenvalue weighted by Crippen LogP contribution is 2.30. The Hall–Kier alpha value is -3.76. The molecule has 29 heavy (non-hydrogen) atoms. The van der Waals surface area contributed by atoms with Crippen LogP contribution in [0.25, 0.3) is 5.70 Å². The highest BCUT2D eigenvalue weighted by atomic mass is 16.5. The summed E-state index contributed by atoms with van der Waals surface area (Å²) in [6.45, 7) is 2.55. The van der Waals surface area contributed by atoms with Gasteiger partial charge in [-0.1, -0.05) is 42.0 Å². The van der Waals surface area contributed by atoms with Gasteiger partial charge in [-0.15, -0.1) is 0 Å². The first-order valence-corrected chi connectivity index (χ1v) is 9.03. The molecular formula is C22H20N4O3. The summed E-state index contributed by atoms with van der Waals surface area (Å²) in [7, 11) is 1.52. The summed E-state index contributed by atoms with van der Waals surface area (Å²) < 4.78 is 4.91. The molecular weight excluding hydrogens is 368 g/mol. The third kappa shape index (κ3) is 4.39. The minimum atomic E-state index is -0.538. The highest BCUT2D eigenvalue weighted by molar-refractivity contribution is 6.20. The van der Waals surface area contributed by atoms with Crippen molar-refractivity contribution >= 4 is 23.3 Å². The molecule has 1 aliphatic heterocycles. The van der Waals surface area contributed by atoms with Crippen molar-refractivity contribution in [2.45, 2.75) is 6.92 Å². The Bertz CT molecular complexity index is 1050. The summed E-state index contributed by atoms with van der Waals surface area (Å²) in [4.78, 5) is 29.4. The first-order valence-electron chi connectivity index (χ1n) is 9.03. The first kappa shape index (κ1) is 20.0. The number of rotatable bonds is 5. The smallest absolute Gasteiger partial charge is 0.264 e. The predicted molar refractivity (Wildman–Crippen MR) is 109 cm³/mol. The molecule has 0 atom stereocenters. The van der Waals surface area contributed by atoms with Crippen LogP contribution in [-0.2, 0) is 9.53 Å². The molecule has 2 N–H and O–H groups in total. The monoisotopic (exact) mass is 388 g/mol. The number of amides is 2. The van der Waals surface area contributed by atoms with Crippen molar-refractivity contribution in [1.82, 2.24) is 10.6 Å². The molecule has 1 aliphatic rings. The van der Waals surface area contributed by atoms with Gasteiger partial charge in [-0.05, 0) is 19.1 Å². The summed E-state index contributed by atoms with van der Waals surface area (Å²) in [6, 6.07) is 16.2. The van der Waals surface area contributed by atoms with E-state index >= 15 is 0 Å². The number of hydrogen-bond donors (Lipinski definition) is 2. The molecule has 0 fully saturated rings. The molecule has 2 amide bonds. The van der Waals surface area contributed by atoms with E-state index in [1.165, 1.54) is 7.11 Å². The Kier molecular flexibility index (Phi) is 6.17. The van der Waals surface area contributed by atoms with E-state index in [1.807, 2.05) is 25.1 Å². The Balaban J connectivity index is 1.94. The molecule has 2 aromatic rings. The molecule has 0 aliphatic carbocycles. The molecule has 0 saturated carbocycles. The molecule has 0 bridgehead atoms. The molecule has 1 heterocycles. The van der Waals surface area contributed by atoms with Crippen LogP contribution in [0.2, 0.25) is 0 Å². The average molecular weight is 388 g/mol. The van der Waals surface area contributed by atoms with E-state index in [9.17, 15) is 14.9 Å². The minimum Gasteiger partial charge on any atom is -0.383 e. The van der Waals surface area contributed by atoms with Crippen LogP contribution in [0.4, 0.5) is 0 Å². The fraction of sp³-hybridized carbons (Fsp3) is 0.182. The molecule has 7 nitrogen and oxygen atoms in total. The quantitative estimate of drug-likeness (QED) is 0.465. The number of carbonyl (C=O) groups excluding carboxylic acids is 2. The number of aliphatic imine (C=N–C) groups is 1. The first-order chi connectivity index (χ1) is 14.0. The minimum absolute atomic E-state index is 0.117. The number of nitrogens with zero attached hydrogens (tertiary/aromatic N) is 2. The van der Waals surface area contributed by atoms with Gasteiger partial charge in [0.2, 0.25) is 0 Å². The lowest BCUT2D eigenvalue weighted by molar-refractivity contribution is -0.117. The highest BCUT2D eigenvalue weighted by Gasteiger charge is 2.27. The number of nitrogens with one attached hydrogen (secondary N) is 2. The second kappa shape index (κ2) is 8.95. The molecule has 0 radical (unpaired) electrons. The Morgan fingerprint density at radius 2 is 1.79 bits per heavy atom. The third-order valence-electron chi connectivity index (χ3n) is 4.37. The van der Waals surface area contributed by atoms with Crippen molar-refractivity contribution in [2.75, 3.05) is 20.3 Å². The molecule has 0 saturated heterocycles. The molecule has 0 unspecified atom stereocenters. The maximum Gasteiger partial charge on any atom is 0.264 e. The van der Waals surface area contributed by atoms with Gasteiger partial charge in [0.1, 0.15) is 17.5 Å². The molecule has 0 aromatic heterocycles. The van der Waals surface area contributed by atoms with Gasteiger partial charge in [0, 0.05) is 30.3 Å². The van der Waals surface area contributed by atoms with Gasteiger partial charge in [-0.3, -0.25) is 9.59 Å². The van der Waals surface area contributed by atoms with Crippen molar-refractivity contribution in [3.8, 4) is 6.07 Å². The van der Waals surface area contributed by atoms with Crippen molar-refractivity contribution in [3.05, 3.63) is 76.4 Å². The molecule has 7 heteroatoms. The number of methoxy groups -OCH3 is 1. The number of benzene rings is 2. The molecule has 0 spiro atoms. The van der Waals surface area contributed by atoms with E-state index in [-0.39, 0.29) is 23.7 Å². The van der Waals surface area contributed by atoms with Gasteiger partial charge in [-0.2, -0.15) is 5.26 Å². The SMILES string of the molecule is COCCNC(=O)C(C#N)=C1N=C(NC(=O)c2ccc(C)cc2)c2ccccc21. The van der Waals surface area contributed by atoms with Crippen LogP contribution in [-0.4, -0.2) is 37.9 Å². The Morgan fingerprint density at radius 3 is 2.45 bits per heavy atom. The Labute approximate surface area is 168 Å². The second-order valence-corrected chi connectivity index (χ2v) is 6.41. The normalized spacial score (nSPS) is 13.8. The standard InChI is InChI=1S/C22H20N4O3/c1-14-7-9-15(10-8-14)21(27)26-20-17-6-4-3-5-16(17)19(25-20)18(13-23)22(28)24-11-12-29-2/h3-10H,11-12H2,1-2H3,(H,24,28)(H,25,26,27). The number of hydrogen-bond acceptors (Lipinski definition) is 5. The summed E-state index contributed by atoms with van der Waals surface area (Å²) >= 11 is 0. The van der Waals surface area contributed by atoms with Gasteiger partial charge in [0.15, 0.2) is 0 Å². The number of fused-ring (bicyclic) bond motifs is 1. The van der Waals surface area contributed by atoms with Crippen molar-refractivity contribution < 1.29 is 14.3 Å². The van der Waals surface area contributed by atoms with Crippen molar-refractivity contribution in [1.29, 1.82) is 5.26 Å². The maximum atomic E-state index is 12.6. The number of nitriles is 1.